The molecule has 0 aliphatic carbocycles. The van der Waals surface area contributed by atoms with Crippen LogP contribution in [-0.4, -0.2) is 15.5 Å². The van der Waals surface area contributed by atoms with Crippen LogP contribution in [0, 0.1) is 0 Å². The first-order valence-corrected chi connectivity index (χ1v) is 5.14. The van der Waals surface area contributed by atoms with Crippen molar-refractivity contribution in [2.75, 3.05) is 5.73 Å². The monoisotopic (exact) mass is 231 g/mol. The van der Waals surface area contributed by atoms with Gasteiger partial charge in [-0.2, -0.15) is 0 Å². The second kappa shape index (κ2) is 4.69. The maximum atomic E-state index is 11.7. The van der Waals surface area contributed by atoms with Crippen molar-refractivity contribution in [2.45, 2.75) is 6.61 Å². The topological polar surface area (TPSA) is 70.1 Å². The van der Waals surface area contributed by atoms with Crippen LogP contribution < -0.4 is 5.73 Å². The van der Waals surface area contributed by atoms with Gasteiger partial charge in [0.05, 0.1) is 5.69 Å². The standard InChI is InChI=1S/C12H13N3O2/c1-15-7-10(13)5-11(15)12(16)17-8-9-3-2-4-14-6-9/h2-7H,8,13H2,1H3. The van der Waals surface area contributed by atoms with Gasteiger partial charge >= 0.3 is 5.97 Å². The maximum absolute atomic E-state index is 11.7. The molecule has 0 atom stereocenters. The van der Waals surface area contributed by atoms with Crippen LogP contribution in [0.3, 0.4) is 0 Å². The molecule has 0 spiro atoms. The Kier molecular flexibility index (Phi) is 3.09. The van der Waals surface area contributed by atoms with E-state index in [0.717, 1.165) is 5.56 Å². The number of aryl methyl sites for hydroxylation is 1. The van der Waals surface area contributed by atoms with Crippen LogP contribution in [0.25, 0.3) is 0 Å². The minimum absolute atomic E-state index is 0.206. The molecular weight excluding hydrogens is 218 g/mol. The van der Waals surface area contributed by atoms with Crippen LogP contribution in [0.1, 0.15) is 16.1 Å². The van der Waals surface area contributed by atoms with Crippen molar-refractivity contribution in [3.8, 4) is 0 Å². The molecule has 0 aliphatic rings. The number of hydrogen-bond donors (Lipinski definition) is 1. The SMILES string of the molecule is Cn1cc(N)cc1C(=O)OCc1cccnc1. The number of nitrogens with zero attached hydrogens (tertiary/aromatic N) is 2. The van der Waals surface area contributed by atoms with Crippen molar-refractivity contribution in [3.05, 3.63) is 48.0 Å². The number of pyridine rings is 1. The normalized spacial score (nSPS) is 10.2. The zero-order valence-electron chi connectivity index (χ0n) is 9.46. The smallest absolute Gasteiger partial charge is 0.355 e. The first-order valence-electron chi connectivity index (χ1n) is 5.14. The van der Waals surface area contributed by atoms with Gasteiger partial charge in [0.2, 0.25) is 0 Å². The zero-order chi connectivity index (χ0) is 12.3. The lowest BCUT2D eigenvalue weighted by Gasteiger charge is -2.04. The summed E-state index contributed by atoms with van der Waals surface area (Å²) < 4.78 is 6.79. The Morgan fingerprint density at radius 1 is 1.59 bits per heavy atom. The average molecular weight is 231 g/mol. The summed E-state index contributed by atoms with van der Waals surface area (Å²) in [5.41, 5.74) is 7.41. The average Bonchev–Trinajstić information content (AvgIpc) is 2.67. The number of hydrogen-bond acceptors (Lipinski definition) is 4. The minimum Gasteiger partial charge on any atom is -0.456 e. The summed E-state index contributed by atoms with van der Waals surface area (Å²) in [7, 11) is 1.75. The largest absolute Gasteiger partial charge is 0.456 e. The molecule has 0 amide bonds. The summed E-state index contributed by atoms with van der Waals surface area (Å²) in [6, 6.07) is 5.23. The van der Waals surface area contributed by atoms with Gasteiger partial charge in [0, 0.05) is 31.2 Å². The van der Waals surface area contributed by atoms with Crippen molar-refractivity contribution < 1.29 is 9.53 Å². The molecule has 5 nitrogen and oxygen atoms in total. The molecule has 0 saturated heterocycles. The predicted molar refractivity (Wildman–Crippen MR) is 63.2 cm³/mol. The van der Waals surface area contributed by atoms with E-state index in [2.05, 4.69) is 4.98 Å². The van der Waals surface area contributed by atoms with Crippen LogP contribution in [0.2, 0.25) is 0 Å². The Morgan fingerprint density at radius 3 is 3.00 bits per heavy atom. The van der Waals surface area contributed by atoms with Crippen molar-refractivity contribution >= 4 is 11.7 Å². The highest BCUT2D eigenvalue weighted by molar-refractivity contribution is 5.89. The number of rotatable bonds is 3. The van der Waals surface area contributed by atoms with Gasteiger partial charge in [-0.05, 0) is 12.1 Å². The Bertz CT molecular complexity index is 520. The third-order valence-electron chi connectivity index (χ3n) is 2.33. The van der Waals surface area contributed by atoms with Crippen LogP contribution >= 0.6 is 0 Å². The van der Waals surface area contributed by atoms with Gasteiger partial charge in [0.1, 0.15) is 12.3 Å². The van der Waals surface area contributed by atoms with Gasteiger partial charge in [-0.3, -0.25) is 4.98 Å². The number of nitrogens with two attached hydrogens (primary N) is 1. The van der Waals surface area contributed by atoms with Gasteiger partial charge in [-0.15, -0.1) is 0 Å². The van der Waals surface area contributed by atoms with E-state index < -0.39 is 5.97 Å². The highest BCUT2D eigenvalue weighted by atomic mass is 16.5. The minimum atomic E-state index is -0.395. The van der Waals surface area contributed by atoms with Crippen molar-refractivity contribution in [2.24, 2.45) is 7.05 Å². The van der Waals surface area contributed by atoms with Crippen molar-refractivity contribution in [3.63, 3.8) is 0 Å². The van der Waals surface area contributed by atoms with E-state index >= 15 is 0 Å². The molecule has 5 heteroatoms. The molecular formula is C12H13N3O2. The van der Waals surface area contributed by atoms with E-state index in [1.807, 2.05) is 6.07 Å². The second-order valence-electron chi connectivity index (χ2n) is 3.71. The Hall–Kier alpha value is -2.30. The molecule has 0 aromatic carbocycles. The molecule has 2 aromatic heterocycles. The second-order valence-corrected chi connectivity index (χ2v) is 3.71. The Morgan fingerprint density at radius 2 is 2.41 bits per heavy atom. The number of carbonyl (C=O) groups is 1. The molecule has 2 N–H and O–H groups in total. The van der Waals surface area contributed by atoms with Gasteiger partial charge < -0.3 is 15.0 Å². The summed E-state index contributed by atoms with van der Waals surface area (Å²) >= 11 is 0. The molecule has 0 unspecified atom stereocenters. The van der Waals surface area contributed by atoms with Crippen molar-refractivity contribution in [1.82, 2.24) is 9.55 Å². The molecule has 0 aliphatic heterocycles. The third kappa shape index (κ3) is 2.63. The highest BCUT2D eigenvalue weighted by Gasteiger charge is 2.12. The lowest BCUT2D eigenvalue weighted by Crippen LogP contribution is -2.09. The zero-order valence-corrected chi connectivity index (χ0v) is 9.46. The van der Waals surface area contributed by atoms with Gasteiger partial charge in [0.15, 0.2) is 0 Å². The van der Waals surface area contributed by atoms with E-state index in [-0.39, 0.29) is 6.61 Å². The fourth-order valence-electron chi connectivity index (χ4n) is 1.50. The van der Waals surface area contributed by atoms with E-state index in [1.165, 1.54) is 0 Å². The molecule has 2 heterocycles. The number of nitrogen functional groups attached to an aromatic ring is 1. The number of esters is 1. The number of aromatic nitrogens is 2. The molecule has 0 saturated carbocycles. The first kappa shape index (κ1) is 11.2. The van der Waals surface area contributed by atoms with Crippen LogP contribution in [0.15, 0.2) is 36.8 Å². The van der Waals surface area contributed by atoms with E-state index in [0.29, 0.717) is 11.4 Å². The van der Waals surface area contributed by atoms with Crippen LogP contribution in [0.4, 0.5) is 5.69 Å². The predicted octanol–water partition coefficient (Wildman–Crippen LogP) is 1.36. The lowest BCUT2D eigenvalue weighted by molar-refractivity contribution is 0.0461. The quantitative estimate of drug-likeness (QED) is 0.810. The fraction of sp³-hybridized carbons (Fsp3) is 0.167. The highest BCUT2D eigenvalue weighted by Crippen LogP contribution is 2.11. The summed E-state index contributed by atoms with van der Waals surface area (Å²) in [5, 5.41) is 0. The molecule has 2 aromatic rings. The summed E-state index contributed by atoms with van der Waals surface area (Å²) in [5.74, 6) is -0.395. The first-order chi connectivity index (χ1) is 8.16. The molecule has 88 valence electrons. The number of carbonyl (C=O) groups excluding carboxylic acids is 1. The summed E-state index contributed by atoms with van der Waals surface area (Å²) in [6.45, 7) is 0.206. The number of ether oxygens (including phenoxy) is 1. The van der Waals surface area contributed by atoms with E-state index in [1.54, 1.807) is 42.3 Å². The van der Waals surface area contributed by atoms with E-state index in [9.17, 15) is 4.79 Å². The fourth-order valence-corrected chi connectivity index (χ4v) is 1.50. The van der Waals surface area contributed by atoms with Gasteiger partial charge in [0.25, 0.3) is 0 Å². The third-order valence-corrected chi connectivity index (χ3v) is 2.33. The van der Waals surface area contributed by atoms with Crippen LogP contribution in [-0.2, 0) is 18.4 Å². The molecule has 17 heavy (non-hydrogen) atoms. The molecule has 2 rings (SSSR count). The number of anilines is 1. The summed E-state index contributed by atoms with van der Waals surface area (Å²) in [4.78, 5) is 15.7. The van der Waals surface area contributed by atoms with E-state index in [4.69, 9.17) is 10.5 Å². The Labute approximate surface area is 98.8 Å². The maximum Gasteiger partial charge on any atom is 0.355 e. The molecule has 0 radical (unpaired) electrons. The van der Waals surface area contributed by atoms with Gasteiger partial charge in [-0.25, -0.2) is 4.79 Å². The molecule has 0 bridgehead atoms. The van der Waals surface area contributed by atoms with Crippen LogP contribution in [0.5, 0.6) is 0 Å². The Balaban J connectivity index is 2.01. The lowest BCUT2D eigenvalue weighted by atomic mass is 10.3. The molecule has 0 fully saturated rings. The summed E-state index contributed by atoms with van der Waals surface area (Å²) in [6.07, 6.45) is 5.00. The van der Waals surface area contributed by atoms with Crippen molar-refractivity contribution in [1.29, 1.82) is 0 Å². The van der Waals surface area contributed by atoms with Gasteiger partial charge in [-0.1, -0.05) is 6.07 Å².